The first kappa shape index (κ1) is 14.9. The third-order valence-corrected chi connectivity index (χ3v) is 3.17. The minimum atomic E-state index is -0.494. The van der Waals surface area contributed by atoms with Gasteiger partial charge in [0.15, 0.2) is 0 Å². The lowest BCUT2D eigenvalue weighted by molar-refractivity contribution is 0.199. The predicted molar refractivity (Wildman–Crippen MR) is 79.1 cm³/mol. The summed E-state index contributed by atoms with van der Waals surface area (Å²) in [5.41, 5.74) is 2.22. The van der Waals surface area contributed by atoms with E-state index in [4.69, 9.17) is 14.7 Å². The zero-order valence-corrected chi connectivity index (χ0v) is 12.0. The zero-order chi connectivity index (χ0) is 15.2. The number of benzene rings is 2. The third-order valence-electron chi connectivity index (χ3n) is 3.17. The molecule has 2 aromatic carbocycles. The number of aliphatic hydroxyl groups excluding tert-OH is 1. The number of methoxy groups -OCH3 is 1. The van der Waals surface area contributed by atoms with Crippen LogP contribution in [0.1, 0.15) is 29.7 Å². The van der Waals surface area contributed by atoms with Crippen LogP contribution in [0.2, 0.25) is 0 Å². The van der Waals surface area contributed by atoms with Gasteiger partial charge >= 0.3 is 0 Å². The van der Waals surface area contributed by atoms with Crippen molar-refractivity contribution in [3.63, 3.8) is 0 Å². The van der Waals surface area contributed by atoms with Gasteiger partial charge in [0.1, 0.15) is 18.1 Å². The molecule has 0 amide bonds. The molecule has 0 saturated heterocycles. The van der Waals surface area contributed by atoms with Gasteiger partial charge in [-0.25, -0.2) is 0 Å². The highest BCUT2D eigenvalue weighted by Gasteiger charge is 2.06. The van der Waals surface area contributed by atoms with Crippen molar-refractivity contribution in [3.05, 3.63) is 59.2 Å². The van der Waals surface area contributed by atoms with Gasteiger partial charge in [-0.2, -0.15) is 5.26 Å². The number of hydrogen-bond acceptors (Lipinski definition) is 4. The maximum atomic E-state index is 9.46. The molecule has 1 unspecified atom stereocenters. The first-order valence-electron chi connectivity index (χ1n) is 6.62. The van der Waals surface area contributed by atoms with E-state index in [0.29, 0.717) is 23.7 Å². The van der Waals surface area contributed by atoms with Crippen LogP contribution in [0.3, 0.4) is 0 Å². The molecule has 4 nitrogen and oxygen atoms in total. The Bertz CT molecular complexity index is 642. The summed E-state index contributed by atoms with van der Waals surface area (Å²) in [5.74, 6) is 1.39. The van der Waals surface area contributed by atoms with E-state index in [1.54, 1.807) is 32.2 Å². The molecule has 0 fully saturated rings. The Hall–Kier alpha value is -2.51. The average Bonchev–Trinajstić information content (AvgIpc) is 2.52. The Labute approximate surface area is 124 Å². The molecule has 1 N–H and O–H groups in total. The number of ether oxygens (including phenoxy) is 2. The van der Waals surface area contributed by atoms with E-state index in [2.05, 4.69) is 6.07 Å². The summed E-state index contributed by atoms with van der Waals surface area (Å²) < 4.78 is 11.0. The SMILES string of the molecule is COc1ccc(C#N)cc1COc1ccc(C(C)O)cc1. The second-order valence-corrected chi connectivity index (χ2v) is 4.67. The van der Waals surface area contributed by atoms with E-state index in [1.807, 2.05) is 24.3 Å². The quantitative estimate of drug-likeness (QED) is 0.915. The fourth-order valence-corrected chi connectivity index (χ4v) is 1.96. The predicted octanol–water partition coefficient (Wildman–Crippen LogP) is 3.20. The lowest BCUT2D eigenvalue weighted by Crippen LogP contribution is -2.00. The highest BCUT2D eigenvalue weighted by Crippen LogP contribution is 2.23. The summed E-state index contributed by atoms with van der Waals surface area (Å²) in [4.78, 5) is 0. The van der Waals surface area contributed by atoms with Crippen molar-refractivity contribution in [1.29, 1.82) is 5.26 Å². The molecule has 0 aliphatic rings. The fourth-order valence-electron chi connectivity index (χ4n) is 1.96. The molecule has 21 heavy (non-hydrogen) atoms. The molecule has 0 aliphatic carbocycles. The molecule has 4 heteroatoms. The second-order valence-electron chi connectivity index (χ2n) is 4.67. The van der Waals surface area contributed by atoms with Gasteiger partial charge in [-0.05, 0) is 42.8 Å². The molecule has 108 valence electrons. The van der Waals surface area contributed by atoms with E-state index < -0.39 is 6.10 Å². The topological polar surface area (TPSA) is 62.5 Å². The van der Waals surface area contributed by atoms with Gasteiger partial charge in [0.2, 0.25) is 0 Å². The van der Waals surface area contributed by atoms with Crippen LogP contribution in [0, 0.1) is 11.3 Å². The Morgan fingerprint density at radius 1 is 1.19 bits per heavy atom. The maximum Gasteiger partial charge on any atom is 0.125 e. The summed E-state index contributed by atoms with van der Waals surface area (Å²) in [7, 11) is 1.59. The van der Waals surface area contributed by atoms with Crippen LogP contribution in [-0.4, -0.2) is 12.2 Å². The van der Waals surface area contributed by atoms with Gasteiger partial charge < -0.3 is 14.6 Å². The minimum absolute atomic E-state index is 0.312. The minimum Gasteiger partial charge on any atom is -0.496 e. The van der Waals surface area contributed by atoms with Crippen LogP contribution in [-0.2, 0) is 6.61 Å². The second kappa shape index (κ2) is 6.78. The Morgan fingerprint density at radius 3 is 2.48 bits per heavy atom. The highest BCUT2D eigenvalue weighted by molar-refractivity contribution is 5.42. The highest BCUT2D eigenvalue weighted by atomic mass is 16.5. The van der Waals surface area contributed by atoms with E-state index in [9.17, 15) is 5.11 Å². The van der Waals surface area contributed by atoms with Crippen molar-refractivity contribution < 1.29 is 14.6 Å². The van der Waals surface area contributed by atoms with Crippen LogP contribution in [0.25, 0.3) is 0 Å². The van der Waals surface area contributed by atoms with Crippen LogP contribution in [0.5, 0.6) is 11.5 Å². The molecule has 0 bridgehead atoms. The van der Waals surface area contributed by atoms with Crippen molar-refractivity contribution in [2.75, 3.05) is 7.11 Å². The summed E-state index contributed by atoms with van der Waals surface area (Å²) in [6, 6.07) is 14.6. The number of aliphatic hydroxyl groups is 1. The molecule has 0 spiro atoms. The number of rotatable bonds is 5. The van der Waals surface area contributed by atoms with Gasteiger partial charge in [0.05, 0.1) is 24.8 Å². The first-order valence-corrected chi connectivity index (χ1v) is 6.62. The molecule has 0 aliphatic heterocycles. The van der Waals surface area contributed by atoms with Crippen LogP contribution in [0.15, 0.2) is 42.5 Å². The lowest BCUT2D eigenvalue weighted by Gasteiger charge is -2.11. The van der Waals surface area contributed by atoms with Crippen molar-refractivity contribution in [3.8, 4) is 17.6 Å². The molecule has 2 aromatic rings. The van der Waals surface area contributed by atoms with Crippen LogP contribution < -0.4 is 9.47 Å². The van der Waals surface area contributed by atoms with Crippen molar-refractivity contribution in [2.45, 2.75) is 19.6 Å². The fraction of sp³-hybridized carbons (Fsp3) is 0.235. The van der Waals surface area contributed by atoms with Crippen LogP contribution in [0.4, 0.5) is 0 Å². The number of hydrogen-bond donors (Lipinski definition) is 1. The lowest BCUT2D eigenvalue weighted by atomic mass is 10.1. The Kier molecular flexibility index (Phi) is 4.81. The summed E-state index contributed by atoms with van der Waals surface area (Å²) >= 11 is 0. The molecular weight excluding hydrogens is 266 g/mol. The Balaban J connectivity index is 2.10. The van der Waals surface area contributed by atoms with E-state index in [1.165, 1.54) is 0 Å². The van der Waals surface area contributed by atoms with Gasteiger partial charge in [0.25, 0.3) is 0 Å². The Morgan fingerprint density at radius 2 is 1.90 bits per heavy atom. The molecule has 0 saturated carbocycles. The molecule has 0 aromatic heterocycles. The van der Waals surface area contributed by atoms with Crippen LogP contribution >= 0.6 is 0 Å². The molecule has 2 rings (SSSR count). The molecule has 0 radical (unpaired) electrons. The number of nitrogens with zero attached hydrogens (tertiary/aromatic N) is 1. The molecule has 0 heterocycles. The smallest absolute Gasteiger partial charge is 0.125 e. The monoisotopic (exact) mass is 283 g/mol. The summed E-state index contributed by atoms with van der Waals surface area (Å²) in [5, 5.41) is 18.4. The average molecular weight is 283 g/mol. The third kappa shape index (κ3) is 3.74. The van der Waals surface area contributed by atoms with Crippen molar-refractivity contribution in [2.24, 2.45) is 0 Å². The van der Waals surface area contributed by atoms with Crippen molar-refractivity contribution >= 4 is 0 Å². The normalized spacial score (nSPS) is 11.5. The van der Waals surface area contributed by atoms with Gasteiger partial charge in [-0.3, -0.25) is 0 Å². The largest absolute Gasteiger partial charge is 0.496 e. The molecule has 1 atom stereocenters. The van der Waals surface area contributed by atoms with Crippen molar-refractivity contribution in [1.82, 2.24) is 0 Å². The summed E-state index contributed by atoms with van der Waals surface area (Å²) in [6.07, 6.45) is -0.494. The van der Waals surface area contributed by atoms with E-state index >= 15 is 0 Å². The summed E-state index contributed by atoms with van der Waals surface area (Å²) in [6.45, 7) is 2.03. The zero-order valence-electron chi connectivity index (χ0n) is 12.0. The number of nitriles is 1. The standard InChI is InChI=1S/C17H17NO3/c1-12(19)14-4-6-16(7-5-14)21-11-15-9-13(10-18)3-8-17(15)20-2/h3-9,12,19H,11H2,1-2H3. The van der Waals surface area contributed by atoms with Gasteiger partial charge in [-0.1, -0.05) is 12.1 Å². The van der Waals surface area contributed by atoms with Gasteiger partial charge in [-0.15, -0.1) is 0 Å². The maximum absolute atomic E-state index is 9.46. The van der Waals surface area contributed by atoms with E-state index in [-0.39, 0.29) is 0 Å². The first-order chi connectivity index (χ1) is 10.1. The van der Waals surface area contributed by atoms with E-state index in [0.717, 1.165) is 11.1 Å². The van der Waals surface area contributed by atoms with Gasteiger partial charge in [0, 0.05) is 5.56 Å². The molecular formula is C17H17NO3.